The molecule has 1 fully saturated rings. The first-order valence-electron chi connectivity index (χ1n) is 7.15. The minimum Gasteiger partial charge on any atom is -0.309 e. The van der Waals surface area contributed by atoms with Crippen LogP contribution in [-0.2, 0) is 6.54 Å². The second kappa shape index (κ2) is 7.48. The van der Waals surface area contributed by atoms with Crippen LogP contribution in [0.4, 0.5) is 8.78 Å². The monoisotopic (exact) mass is 346 g/mol. The maximum Gasteiger partial charge on any atom is 0.131 e. The fourth-order valence-corrected chi connectivity index (χ4v) is 3.01. The van der Waals surface area contributed by atoms with Gasteiger partial charge in [-0.1, -0.05) is 22.4 Å². The summed E-state index contributed by atoms with van der Waals surface area (Å²) in [4.78, 5) is 2.41. The SMILES string of the molecule is CC(CN1CCCCC1)NCc1c(F)cc(Br)cc1F. The van der Waals surface area contributed by atoms with Crippen LogP contribution in [-0.4, -0.2) is 30.6 Å². The van der Waals surface area contributed by atoms with Crippen molar-refractivity contribution in [2.24, 2.45) is 0 Å². The third-order valence-electron chi connectivity index (χ3n) is 3.71. The zero-order valence-electron chi connectivity index (χ0n) is 11.8. The van der Waals surface area contributed by atoms with Crippen molar-refractivity contribution in [3.8, 4) is 0 Å². The molecule has 112 valence electrons. The third kappa shape index (κ3) is 4.50. The normalized spacial score (nSPS) is 18.2. The lowest BCUT2D eigenvalue weighted by Gasteiger charge is -2.29. The maximum absolute atomic E-state index is 13.7. The molecule has 0 amide bonds. The summed E-state index contributed by atoms with van der Waals surface area (Å²) in [5.74, 6) is -1.01. The Hall–Kier alpha value is -0.520. The number of likely N-dealkylation sites (tertiary alicyclic amines) is 1. The van der Waals surface area contributed by atoms with Gasteiger partial charge in [0.05, 0.1) is 0 Å². The van der Waals surface area contributed by atoms with E-state index >= 15 is 0 Å². The van der Waals surface area contributed by atoms with Gasteiger partial charge in [-0.05, 0) is 45.0 Å². The molecule has 0 saturated carbocycles. The Bertz CT molecular complexity index is 424. The molecule has 2 nitrogen and oxygen atoms in total. The number of rotatable bonds is 5. The lowest BCUT2D eigenvalue weighted by atomic mass is 10.1. The van der Waals surface area contributed by atoms with E-state index in [0.717, 1.165) is 19.6 Å². The number of hydrogen-bond acceptors (Lipinski definition) is 2. The molecule has 0 aromatic heterocycles. The number of benzene rings is 1. The van der Waals surface area contributed by atoms with Crippen molar-refractivity contribution in [3.63, 3.8) is 0 Å². The molecule has 20 heavy (non-hydrogen) atoms. The van der Waals surface area contributed by atoms with E-state index in [1.54, 1.807) is 0 Å². The van der Waals surface area contributed by atoms with Gasteiger partial charge in [-0.3, -0.25) is 0 Å². The Balaban J connectivity index is 1.85. The Labute approximate surface area is 127 Å². The molecule has 1 atom stereocenters. The topological polar surface area (TPSA) is 15.3 Å². The number of piperidine rings is 1. The highest BCUT2D eigenvalue weighted by molar-refractivity contribution is 9.10. The minimum atomic E-state index is -0.505. The Kier molecular flexibility index (Phi) is 5.93. The summed E-state index contributed by atoms with van der Waals surface area (Å²) >= 11 is 3.09. The van der Waals surface area contributed by atoms with Crippen LogP contribution in [0.3, 0.4) is 0 Å². The first-order valence-corrected chi connectivity index (χ1v) is 7.94. The zero-order valence-corrected chi connectivity index (χ0v) is 13.3. The van der Waals surface area contributed by atoms with Gasteiger partial charge in [0.25, 0.3) is 0 Å². The van der Waals surface area contributed by atoms with Crippen LogP contribution >= 0.6 is 15.9 Å². The molecule has 0 radical (unpaired) electrons. The van der Waals surface area contributed by atoms with Crippen LogP contribution < -0.4 is 5.32 Å². The van der Waals surface area contributed by atoms with Crippen LogP contribution in [0, 0.1) is 11.6 Å². The van der Waals surface area contributed by atoms with Gasteiger partial charge in [-0.15, -0.1) is 0 Å². The molecule has 0 spiro atoms. The molecule has 1 N–H and O–H groups in total. The van der Waals surface area contributed by atoms with Gasteiger partial charge in [-0.25, -0.2) is 8.78 Å². The van der Waals surface area contributed by atoms with Crippen molar-refractivity contribution in [3.05, 3.63) is 33.8 Å². The molecule has 5 heteroatoms. The number of hydrogen-bond donors (Lipinski definition) is 1. The Morgan fingerprint density at radius 1 is 1.20 bits per heavy atom. The average Bonchev–Trinajstić information content (AvgIpc) is 2.38. The van der Waals surface area contributed by atoms with Gasteiger partial charge in [0.2, 0.25) is 0 Å². The molecule has 0 aliphatic carbocycles. The van der Waals surface area contributed by atoms with Crippen molar-refractivity contribution < 1.29 is 8.78 Å². The Morgan fingerprint density at radius 2 is 1.80 bits per heavy atom. The van der Waals surface area contributed by atoms with Crippen molar-refractivity contribution in [2.45, 2.75) is 38.8 Å². The van der Waals surface area contributed by atoms with Crippen LogP contribution in [0.15, 0.2) is 16.6 Å². The van der Waals surface area contributed by atoms with Crippen molar-refractivity contribution in [1.29, 1.82) is 0 Å². The number of halogens is 3. The summed E-state index contributed by atoms with van der Waals surface area (Å²) in [6.45, 7) is 5.48. The zero-order chi connectivity index (χ0) is 14.5. The lowest BCUT2D eigenvalue weighted by molar-refractivity contribution is 0.208. The van der Waals surface area contributed by atoms with Gasteiger partial charge in [0, 0.05) is 29.2 Å². The van der Waals surface area contributed by atoms with Crippen molar-refractivity contribution in [1.82, 2.24) is 10.2 Å². The molecule has 1 unspecified atom stereocenters. The Morgan fingerprint density at radius 3 is 2.40 bits per heavy atom. The highest BCUT2D eigenvalue weighted by Gasteiger charge is 2.15. The van der Waals surface area contributed by atoms with E-state index in [1.807, 2.05) is 0 Å². The van der Waals surface area contributed by atoms with Gasteiger partial charge in [-0.2, -0.15) is 0 Å². The molecular weight excluding hydrogens is 326 g/mol. The standard InChI is InChI=1S/C15H21BrF2N2/c1-11(10-20-5-3-2-4-6-20)19-9-13-14(17)7-12(16)8-15(13)18/h7-8,11,19H,2-6,9-10H2,1H3. The third-order valence-corrected chi connectivity index (χ3v) is 4.17. The van der Waals surface area contributed by atoms with Crippen LogP contribution in [0.1, 0.15) is 31.7 Å². The van der Waals surface area contributed by atoms with Gasteiger partial charge in [0.15, 0.2) is 0 Å². The van der Waals surface area contributed by atoms with E-state index in [1.165, 1.54) is 31.4 Å². The smallest absolute Gasteiger partial charge is 0.131 e. The highest BCUT2D eigenvalue weighted by Crippen LogP contribution is 2.19. The summed E-state index contributed by atoms with van der Waals surface area (Å²) < 4.78 is 27.8. The summed E-state index contributed by atoms with van der Waals surface area (Å²) in [5.41, 5.74) is 0.110. The number of nitrogens with zero attached hydrogens (tertiary/aromatic N) is 1. The quantitative estimate of drug-likeness (QED) is 0.874. The highest BCUT2D eigenvalue weighted by atomic mass is 79.9. The van der Waals surface area contributed by atoms with Crippen LogP contribution in [0.5, 0.6) is 0 Å². The second-order valence-corrected chi connectivity index (χ2v) is 6.41. The fraction of sp³-hybridized carbons (Fsp3) is 0.600. The molecule has 1 saturated heterocycles. The average molecular weight is 347 g/mol. The molecule has 1 aliphatic heterocycles. The van der Waals surface area contributed by atoms with E-state index in [2.05, 4.69) is 33.1 Å². The van der Waals surface area contributed by atoms with E-state index in [0.29, 0.717) is 4.47 Å². The molecule has 1 aromatic carbocycles. The second-order valence-electron chi connectivity index (χ2n) is 5.49. The summed E-state index contributed by atoms with van der Waals surface area (Å²) in [7, 11) is 0. The molecule has 2 rings (SSSR count). The van der Waals surface area contributed by atoms with E-state index in [9.17, 15) is 8.78 Å². The van der Waals surface area contributed by atoms with Gasteiger partial charge in [0.1, 0.15) is 11.6 Å². The maximum atomic E-state index is 13.7. The van der Waals surface area contributed by atoms with Crippen LogP contribution in [0.2, 0.25) is 0 Å². The summed E-state index contributed by atoms with van der Waals surface area (Å²) in [5, 5.41) is 3.21. The molecule has 1 aliphatic rings. The van der Waals surface area contributed by atoms with E-state index < -0.39 is 11.6 Å². The van der Waals surface area contributed by atoms with Crippen molar-refractivity contribution in [2.75, 3.05) is 19.6 Å². The van der Waals surface area contributed by atoms with E-state index in [-0.39, 0.29) is 18.2 Å². The molecular formula is C15H21BrF2N2. The largest absolute Gasteiger partial charge is 0.309 e. The van der Waals surface area contributed by atoms with Gasteiger partial charge < -0.3 is 10.2 Å². The molecule has 1 aromatic rings. The van der Waals surface area contributed by atoms with Crippen molar-refractivity contribution >= 4 is 15.9 Å². The number of nitrogens with one attached hydrogen (secondary N) is 1. The minimum absolute atomic E-state index is 0.110. The van der Waals surface area contributed by atoms with E-state index in [4.69, 9.17) is 0 Å². The fourth-order valence-electron chi connectivity index (χ4n) is 2.61. The molecule has 0 bridgehead atoms. The van der Waals surface area contributed by atoms with Gasteiger partial charge >= 0.3 is 0 Å². The first-order chi connectivity index (χ1) is 9.56. The summed E-state index contributed by atoms with van der Waals surface area (Å²) in [6.07, 6.45) is 3.82. The predicted octanol–water partition coefficient (Wildman–Crippen LogP) is 3.69. The molecule has 1 heterocycles. The predicted molar refractivity (Wildman–Crippen MR) is 80.7 cm³/mol. The lowest BCUT2D eigenvalue weighted by Crippen LogP contribution is -2.41. The summed E-state index contributed by atoms with van der Waals surface area (Å²) in [6, 6.07) is 2.82. The first kappa shape index (κ1) is 15.9. The van der Waals surface area contributed by atoms with Crippen LogP contribution in [0.25, 0.3) is 0 Å².